The minimum absolute atomic E-state index is 0.0566. The Morgan fingerprint density at radius 2 is 1.25 bits per heavy atom. The van der Waals surface area contributed by atoms with Gasteiger partial charge in [-0.25, -0.2) is 0 Å². The molecule has 0 aliphatic carbocycles. The molecule has 254 valence electrons. The zero-order chi connectivity index (χ0) is 35.0. The predicted octanol–water partition coefficient (Wildman–Crippen LogP) is 9.05. The summed E-state index contributed by atoms with van der Waals surface area (Å²) < 4.78 is 138. The van der Waals surface area contributed by atoms with Gasteiger partial charge in [0.15, 0.2) is 23.0 Å². The Hall–Kier alpha value is -5.08. The maximum absolute atomic E-state index is 13.4. The summed E-state index contributed by atoms with van der Waals surface area (Å²) in [6.07, 6.45) is -14.7. The molecular formula is C33H24F9NO5. The molecule has 0 saturated heterocycles. The van der Waals surface area contributed by atoms with Crippen LogP contribution in [0.4, 0.5) is 39.5 Å². The summed E-state index contributed by atoms with van der Waals surface area (Å²) in [5, 5.41) is 0. The van der Waals surface area contributed by atoms with Gasteiger partial charge < -0.3 is 23.8 Å². The number of halogens is 9. The average molecular weight is 686 g/mol. The second-order valence-electron chi connectivity index (χ2n) is 10.5. The number of amides is 1. The quantitative estimate of drug-likeness (QED) is 0.182. The number of hydrogen-bond donors (Lipinski definition) is 0. The van der Waals surface area contributed by atoms with E-state index in [1.165, 1.54) is 41.3 Å². The van der Waals surface area contributed by atoms with Gasteiger partial charge in [-0.3, -0.25) is 4.79 Å². The second-order valence-corrected chi connectivity index (χ2v) is 10.5. The molecule has 0 aromatic heterocycles. The maximum Gasteiger partial charge on any atom is 0.573 e. The highest BCUT2D eigenvalue weighted by atomic mass is 19.4. The van der Waals surface area contributed by atoms with Gasteiger partial charge in [0.1, 0.15) is 0 Å². The molecule has 6 nitrogen and oxygen atoms in total. The van der Waals surface area contributed by atoms with Gasteiger partial charge in [-0.1, -0.05) is 24.3 Å². The molecule has 0 N–H and O–H groups in total. The first-order valence-electron chi connectivity index (χ1n) is 14.0. The first-order chi connectivity index (χ1) is 22.5. The largest absolute Gasteiger partial charge is 0.573 e. The third-order valence-electron chi connectivity index (χ3n) is 7.49. The number of carbonyl (C=O) groups excluding carboxylic acids is 1. The molecule has 4 aromatic carbocycles. The van der Waals surface area contributed by atoms with Crippen LogP contribution >= 0.6 is 0 Å². The number of fused-ring (bicyclic) bond motifs is 1. The van der Waals surface area contributed by atoms with Crippen LogP contribution in [0, 0.1) is 0 Å². The smallest absolute Gasteiger partial charge is 0.493 e. The highest BCUT2D eigenvalue weighted by molar-refractivity contribution is 5.95. The Bertz CT molecular complexity index is 1830. The van der Waals surface area contributed by atoms with Crippen molar-refractivity contribution in [2.24, 2.45) is 0 Å². The van der Waals surface area contributed by atoms with E-state index in [2.05, 4.69) is 9.47 Å². The van der Waals surface area contributed by atoms with Gasteiger partial charge in [-0.05, 0) is 88.3 Å². The fourth-order valence-electron chi connectivity index (χ4n) is 5.39. The highest BCUT2D eigenvalue weighted by Crippen LogP contribution is 2.42. The van der Waals surface area contributed by atoms with E-state index >= 15 is 0 Å². The summed E-state index contributed by atoms with van der Waals surface area (Å²) >= 11 is 0. The van der Waals surface area contributed by atoms with Crippen LogP contribution in [-0.4, -0.2) is 44.3 Å². The minimum atomic E-state index is -5.08. The zero-order valence-corrected chi connectivity index (χ0v) is 24.9. The highest BCUT2D eigenvalue weighted by Gasteiger charge is 2.35. The number of carbonyl (C=O) groups is 1. The molecule has 0 atom stereocenters. The molecule has 0 unspecified atom stereocenters. The fourth-order valence-corrected chi connectivity index (χ4v) is 5.39. The van der Waals surface area contributed by atoms with E-state index in [9.17, 15) is 44.3 Å². The third-order valence-corrected chi connectivity index (χ3v) is 7.49. The number of methoxy groups -OCH3 is 2. The molecule has 15 heteroatoms. The lowest BCUT2D eigenvalue weighted by Crippen LogP contribution is -2.36. The summed E-state index contributed by atoms with van der Waals surface area (Å²) in [6.45, 7) is -0.0897. The third kappa shape index (κ3) is 7.72. The van der Waals surface area contributed by atoms with E-state index in [1.54, 1.807) is 6.07 Å². The van der Waals surface area contributed by atoms with Gasteiger partial charge in [0, 0.05) is 18.7 Å². The van der Waals surface area contributed by atoms with Crippen molar-refractivity contribution in [3.63, 3.8) is 0 Å². The number of hydrogen-bond acceptors (Lipinski definition) is 5. The van der Waals surface area contributed by atoms with Crippen LogP contribution in [0.25, 0.3) is 22.3 Å². The topological polar surface area (TPSA) is 57.2 Å². The monoisotopic (exact) mass is 685 g/mol. The Kier molecular flexibility index (Phi) is 9.17. The molecule has 0 saturated carbocycles. The summed E-state index contributed by atoms with van der Waals surface area (Å²) in [7, 11) is 2.30. The van der Waals surface area contributed by atoms with Gasteiger partial charge in [-0.2, -0.15) is 13.2 Å². The lowest BCUT2D eigenvalue weighted by atomic mass is 9.87. The number of ether oxygens (including phenoxy) is 4. The molecule has 0 fully saturated rings. The maximum atomic E-state index is 13.4. The second kappa shape index (κ2) is 12.8. The summed E-state index contributed by atoms with van der Waals surface area (Å²) in [5.41, 5.74) is 0.862. The van der Waals surface area contributed by atoms with E-state index in [0.717, 1.165) is 44.6 Å². The molecular weight excluding hydrogens is 661 g/mol. The Balaban J connectivity index is 1.63. The van der Waals surface area contributed by atoms with Crippen molar-refractivity contribution in [1.29, 1.82) is 0 Å². The van der Waals surface area contributed by atoms with Crippen LogP contribution in [-0.2, 0) is 19.1 Å². The SMILES string of the molecule is COc1ccc(-c2cc3c(c(-c4ccc(OC)c(OC(F)(F)F)c4)c2)CN(C(=O)c2cccc(C(F)(F)F)c2)CC3)cc1OC(F)(F)F. The van der Waals surface area contributed by atoms with E-state index in [4.69, 9.17) is 9.47 Å². The standard InChI is InChI=1S/C33H24F9NO5/c1-45-26-8-6-18(15-28(26)47-32(37,38)39)22-12-20-10-11-43(30(44)21-4-3-5-23(13-21)31(34,35)36)17-25(20)24(14-22)19-7-9-27(46-2)29(16-19)48-33(40,41)42/h3-9,12-16H,10-11,17H2,1-2H3. The molecule has 1 aliphatic heterocycles. The van der Waals surface area contributed by atoms with Crippen LogP contribution in [0.3, 0.4) is 0 Å². The van der Waals surface area contributed by atoms with Crippen LogP contribution < -0.4 is 18.9 Å². The average Bonchev–Trinajstić information content (AvgIpc) is 3.01. The lowest BCUT2D eigenvalue weighted by molar-refractivity contribution is -0.276. The number of nitrogens with zero attached hydrogens (tertiary/aromatic N) is 1. The van der Waals surface area contributed by atoms with Crippen molar-refractivity contribution in [3.05, 3.63) is 95.1 Å². The first kappa shape index (κ1) is 34.3. The van der Waals surface area contributed by atoms with E-state index < -0.39 is 41.9 Å². The molecule has 0 radical (unpaired) electrons. The Morgan fingerprint density at radius 3 is 1.81 bits per heavy atom. The summed E-state index contributed by atoms with van der Waals surface area (Å²) in [5.74, 6) is -2.47. The van der Waals surface area contributed by atoms with Crippen molar-refractivity contribution in [2.75, 3.05) is 20.8 Å². The van der Waals surface area contributed by atoms with Crippen molar-refractivity contribution in [1.82, 2.24) is 4.90 Å². The van der Waals surface area contributed by atoms with Crippen LogP contribution in [0.15, 0.2) is 72.8 Å². The van der Waals surface area contributed by atoms with Crippen molar-refractivity contribution in [2.45, 2.75) is 31.9 Å². The first-order valence-corrected chi connectivity index (χ1v) is 14.0. The van der Waals surface area contributed by atoms with Gasteiger partial charge >= 0.3 is 18.9 Å². The molecule has 1 amide bonds. The van der Waals surface area contributed by atoms with Crippen LogP contribution in [0.5, 0.6) is 23.0 Å². The van der Waals surface area contributed by atoms with Gasteiger partial charge in [0.25, 0.3) is 5.91 Å². The molecule has 0 bridgehead atoms. The predicted molar refractivity (Wildman–Crippen MR) is 154 cm³/mol. The lowest BCUT2D eigenvalue weighted by Gasteiger charge is -2.31. The zero-order valence-electron chi connectivity index (χ0n) is 24.9. The van der Waals surface area contributed by atoms with E-state index in [1.807, 2.05) is 0 Å². The Labute approximate surface area is 267 Å². The molecule has 5 rings (SSSR count). The molecule has 4 aromatic rings. The van der Waals surface area contributed by atoms with Crippen LogP contribution in [0.2, 0.25) is 0 Å². The normalized spacial score (nSPS) is 13.5. The minimum Gasteiger partial charge on any atom is -0.493 e. The van der Waals surface area contributed by atoms with Crippen LogP contribution in [0.1, 0.15) is 27.0 Å². The summed E-state index contributed by atoms with van der Waals surface area (Å²) in [4.78, 5) is 14.7. The molecule has 1 aliphatic rings. The van der Waals surface area contributed by atoms with E-state index in [0.29, 0.717) is 16.7 Å². The molecule has 48 heavy (non-hydrogen) atoms. The van der Waals surface area contributed by atoms with Gasteiger partial charge in [0.2, 0.25) is 0 Å². The Morgan fingerprint density at radius 1 is 0.667 bits per heavy atom. The molecule has 0 spiro atoms. The van der Waals surface area contributed by atoms with E-state index in [-0.39, 0.29) is 53.3 Å². The number of alkyl halides is 9. The number of benzene rings is 4. The van der Waals surface area contributed by atoms with Gasteiger partial charge in [-0.15, -0.1) is 26.3 Å². The fraction of sp³-hybridized carbons (Fsp3) is 0.242. The van der Waals surface area contributed by atoms with Crippen molar-refractivity contribution in [3.8, 4) is 45.3 Å². The van der Waals surface area contributed by atoms with Gasteiger partial charge in [0.05, 0.1) is 19.8 Å². The molecule has 1 heterocycles. The van der Waals surface area contributed by atoms with Crippen molar-refractivity contribution < 1.29 is 63.3 Å². The summed E-state index contributed by atoms with van der Waals surface area (Å²) in [6, 6.07) is 14.6. The van der Waals surface area contributed by atoms with Crippen molar-refractivity contribution >= 4 is 5.91 Å². The number of rotatable bonds is 7.